The van der Waals surface area contributed by atoms with Gasteiger partial charge in [-0.05, 0) is 18.9 Å². The van der Waals surface area contributed by atoms with Crippen LogP contribution in [0.5, 0.6) is 0 Å². The Kier molecular flexibility index (Phi) is 3.63. The Morgan fingerprint density at radius 2 is 2.07 bits per heavy atom. The fourth-order valence-corrected chi connectivity index (χ4v) is 1.09. The first-order valence-corrected chi connectivity index (χ1v) is 4.76. The lowest BCUT2D eigenvalue weighted by Gasteiger charge is -2.16. The van der Waals surface area contributed by atoms with Crippen LogP contribution in [0.2, 0.25) is 0 Å². The van der Waals surface area contributed by atoms with Crippen LogP contribution in [0.25, 0.3) is 6.08 Å². The van der Waals surface area contributed by atoms with Crippen LogP contribution in [0.4, 0.5) is 0 Å². The van der Waals surface area contributed by atoms with Crippen molar-refractivity contribution in [3.05, 3.63) is 42.0 Å². The van der Waals surface area contributed by atoms with Gasteiger partial charge in [-0.2, -0.15) is 0 Å². The zero-order valence-electron chi connectivity index (χ0n) is 8.68. The number of aliphatic carboxylic acids is 1. The summed E-state index contributed by atoms with van der Waals surface area (Å²) >= 11 is 0. The quantitative estimate of drug-likeness (QED) is 0.789. The van der Waals surface area contributed by atoms with Crippen molar-refractivity contribution in [3.63, 3.8) is 0 Å². The third-order valence-corrected chi connectivity index (χ3v) is 2.14. The lowest BCUT2D eigenvalue weighted by Crippen LogP contribution is -2.44. The van der Waals surface area contributed by atoms with E-state index < -0.39 is 11.5 Å². The van der Waals surface area contributed by atoms with E-state index in [-0.39, 0.29) is 0 Å². The molecule has 3 heteroatoms. The zero-order chi connectivity index (χ0) is 11.3. The second-order valence-electron chi connectivity index (χ2n) is 3.74. The second kappa shape index (κ2) is 4.75. The van der Waals surface area contributed by atoms with E-state index in [4.69, 9.17) is 10.8 Å². The first kappa shape index (κ1) is 11.5. The fourth-order valence-electron chi connectivity index (χ4n) is 1.09. The van der Waals surface area contributed by atoms with E-state index in [1.54, 1.807) is 6.08 Å². The number of nitrogens with two attached hydrogens (primary N) is 1. The van der Waals surface area contributed by atoms with Crippen molar-refractivity contribution < 1.29 is 9.90 Å². The van der Waals surface area contributed by atoms with E-state index in [2.05, 4.69) is 0 Å². The highest BCUT2D eigenvalue weighted by molar-refractivity contribution is 5.78. The Morgan fingerprint density at radius 1 is 1.47 bits per heavy atom. The molecule has 1 aromatic carbocycles. The predicted molar refractivity (Wildman–Crippen MR) is 60.3 cm³/mol. The molecule has 3 nitrogen and oxygen atoms in total. The maximum Gasteiger partial charge on any atom is 0.323 e. The molecule has 0 aliphatic rings. The molecule has 0 saturated heterocycles. The Balaban J connectivity index is 2.58. The summed E-state index contributed by atoms with van der Waals surface area (Å²) in [7, 11) is 0. The summed E-state index contributed by atoms with van der Waals surface area (Å²) in [5.41, 5.74) is 5.42. The molecular weight excluding hydrogens is 190 g/mol. The molecular formula is C12H15NO2. The van der Waals surface area contributed by atoms with Gasteiger partial charge in [-0.1, -0.05) is 42.5 Å². The molecule has 0 spiro atoms. The highest BCUT2D eigenvalue weighted by Crippen LogP contribution is 2.09. The first-order valence-electron chi connectivity index (χ1n) is 4.76. The van der Waals surface area contributed by atoms with Crippen LogP contribution in [0.15, 0.2) is 36.4 Å². The second-order valence-corrected chi connectivity index (χ2v) is 3.74. The van der Waals surface area contributed by atoms with Gasteiger partial charge in [0, 0.05) is 0 Å². The average molecular weight is 205 g/mol. The number of carboxylic acid groups (broad SMARTS) is 1. The van der Waals surface area contributed by atoms with Gasteiger partial charge in [0.15, 0.2) is 0 Å². The lowest BCUT2D eigenvalue weighted by atomic mass is 9.99. The van der Waals surface area contributed by atoms with Gasteiger partial charge in [-0.15, -0.1) is 0 Å². The van der Waals surface area contributed by atoms with Crippen LogP contribution >= 0.6 is 0 Å². The molecule has 0 bridgehead atoms. The van der Waals surface area contributed by atoms with Crippen LogP contribution in [0.3, 0.4) is 0 Å². The van der Waals surface area contributed by atoms with E-state index in [1.807, 2.05) is 36.4 Å². The van der Waals surface area contributed by atoms with Gasteiger partial charge in [0.25, 0.3) is 0 Å². The van der Waals surface area contributed by atoms with Gasteiger partial charge in [-0.3, -0.25) is 4.79 Å². The Bertz CT molecular complexity index is 355. The molecule has 0 saturated carbocycles. The van der Waals surface area contributed by atoms with Crippen molar-refractivity contribution in [3.8, 4) is 0 Å². The maximum absolute atomic E-state index is 10.7. The van der Waals surface area contributed by atoms with E-state index in [0.29, 0.717) is 6.42 Å². The Labute approximate surface area is 89.2 Å². The summed E-state index contributed by atoms with van der Waals surface area (Å²) in [5, 5.41) is 8.78. The number of rotatable bonds is 4. The molecule has 0 amide bonds. The summed E-state index contributed by atoms with van der Waals surface area (Å²) in [6.45, 7) is 1.50. The van der Waals surface area contributed by atoms with Crippen molar-refractivity contribution in [2.45, 2.75) is 18.9 Å². The smallest absolute Gasteiger partial charge is 0.323 e. The molecule has 0 heterocycles. The van der Waals surface area contributed by atoms with Gasteiger partial charge in [0.05, 0.1) is 0 Å². The summed E-state index contributed by atoms with van der Waals surface area (Å²) in [4.78, 5) is 10.7. The Hall–Kier alpha value is -1.61. The van der Waals surface area contributed by atoms with E-state index in [0.717, 1.165) is 5.56 Å². The van der Waals surface area contributed by atoms with Crippen molar-refractivity contribution in [1.29, 1.82) is 0 Å². The molecule has 0 aromatic heterocycles. The number of carbonyl (C=O) groups is 1. The molecule has 1 rings (SSSR count). The van der Waals surface area contributed by atoms with Gasteiger partial charge < -0.3 is 10.8 Å². The standard InChI is InChI=1S/C12H15NO2/c1-12(13,11(14)15)9-5-8-10-6-3-2-4-7-10/h2-8H,9,13H2,1H3,(H,14,15)/b8-5+/t12-/m0/s1. The molecule has 15 heavy (non-hydrogen) atoms. The molecule has 0 fully saturated rings. The Morgan fingerprint density at radius 3 is 2.60 bits per heavy atom. The van der Waals surface area contributed by atoms with E-state index in [1.165, 1.54) is 6.92 Å². The van der Waals surface area contributed by atoms with Gasteiger partial charge in [0.2, 0.25) is 0 Å². The molecule has 1 atom stereocenters. The first-order chi connectivity index (χ1) is 7.02. The van der Waals surface area contributed by atoms with Crippen molar-refractivity contribution in [1.82, 2.24) is 0 Å². The van der Waals surface area contributed by atoms with Gasteiger partial charge >= 0.3 is 5.97 Å². The van der Waals surface area contributed by atoms with E-state index in [9.17, 15) is 4.79 Å². The molecule has 0 aliphatic carbocycles. The minimum absolute atomic E-state index is 0.317. The van der Waals surface area contributed by atoms with Crippen LogP contribution in [-0.2, 0) is 4.79 Å². The van der Waals surface area contributed by atoms with Crippen molar-refractivity contribution in [2.75, 3.05) is 0 Å². The number of carboxylic acids is 1. The van der Waals surface area contributed by atoms with Gasteiger partial charge in [0.1, 0.15) is 5.54 Å². The molecule has 0 aliphatic heterocycles. The summed E-state index contributed by atoms with van der Waals surface area (Å²) in [6, 6.07) is 9.69. The monoisotopic (exact) mass is 205 g/mol. The van der Waals surface area contributed by atoms with Crippen LogP contribution in [0, 0.1) is 0 Å². The summed E-state index contributed by atoms with van der Waals surface area (Å²) < 4.78 is 0. The minimum atomic E-state index is -1.19. The topological polar surface area (TPSA) is 63.3 Å². The third kappa shape index (κ3) is 3.56. The maximum atomic E-state index is 10.7. The molecule has 0 radical (unpaired) electrons. The minimum Gasteiger partial charge on any atom is -0.480 e. The van der Waals surface area contributed by atoms with Crippen molar-refractivity contribution in [2.24, 2.45) is 5.73 Å². The van der Waals surface area contributed by atoms with Crippen LogP contribution in [-0.4, -0.2) is 16.6 Å². The van der Waals surface area contributed by atoms with Crippen LogP contribution < -0.4 is 5.73 Å². The normalized spacial score (nSPS) is 15.1. The highest BCUT2D eigenvalue weighted by atomic mass is 16.4. The summed E-state index contributed by atoms with van der Waals surface area (Å²) in [5.74, 6) is -0.986. The number of hydrogen-bond donors (Lipinski definition) is 2. The summed E-state index contributed by atoms with van der Waals surface area (Å²) in [6.07, 6.45) is 3.97. The average Bonchev–Trinajstić information content (AvgIpc) is 2.19. The molecule has 80 valence electrons. The molecule has 0 unspecified atom stereocenters. The molecule has 1 aromatic rings. The van der Waals surface area contributed by atoms with Crippen LogP contribution in [0.1, 0.15) is 18.9 Å². The zero-order valence-corrected chi connectivity index (χ0v) is 8.68. The number of benzene rings is 1. The largest absolute Gasteiger partial charge is 0.480 e. The fraction of sp³-hybridized carbons (Fsp3) is 0.250. The van der Waals surface area contributed by atoms with Gasteiger partial charge in [-0.25, -0.2) is 0 Å². The van der Waals surface area contributed by atoms with Crippen molar-refractivity contribution >= 4 is 12.0 Å². The highest BCUT2D eigenvalue weighted by Gasteiger charge is 2.25. The number of hydrogen-bond acceptors (Lipinski definition) is 2. The third-order valence-electron chi connectivity index (χ3n) is 2.14. The molecule has 3 N–H and O–H groups in total. The lowest BCUT2D eigenvalue weighted by molar-refractivity contribution is -0.142. The predicted octanol–water partition coefficient (Wildman–Crippen LogP) is 1.89. The SMILES string of the molecule is C[C@](N)(C/C=C/c1ccccc1)C(=O)O. The van der Waals surface area contributed by atoms with E-state index >= 15 is 0 Å².